The standard InChI is InChI=1S/C21H34N4OS.HI/c1-5-16(3)25-19(26)18-10-7-9-17(13-18)14-23-20(22-6-2)24-15-21(4)11-8-12-27-21;/h7,9-10,13,16H,5-6,8,11-12,14-15H2,1-4H3,(H,25,26)(H2,22,23,24);1H. The van der Waals surface area contributed by atoms with Gasteiger partial charge in [0.2, 0.25) is 0 Å². The first-order valence-corrected chi connectivity index (χ1v) is 11.0. The topological polar surface area (TPSA) is 65.5 Å². The molecule has 1 saturated heterocycles. The minimum atomic E-state index is -0.0219. The fraction of sp³-hybridized carbons (Fsp3) is 0.619. The van der Waals surface area contributed by atoms with Gasteiger partial charge in [-0.05, 0) is 63.5 Å². The smallest absolute Gasteiger partial charge is 0.251 e. The first-order chi connectivity index (χ1) is 13.0. The highest BCUT2D eigenvalue weighted by molar-refractivity contribution is 14.0. The van der Waals surface area contributed by atoms with E-state index >= 15 is 0 Å². The molecule has 2 unspecified atom stereocenters. The third-order valence-electron chi connectivity index (χ3n) is 4.87. The molecule has 0 spiro atoms. The average Bonchev–Trinajstić information content (AvgIpc) is 3.11. The number of nitrogens with one attached hydrogen (secondary N) is 3. The van der Waals surface area contributed by atoms with Gasteiger partial charge in [0.05, 0.1) is 6.54 Å². The van der Waals surface area contributed by atoms with Crippen LogP contribution >= 0.6 is 35.7 Å². The van der Waals surface area contributed by atoms with Crippen molar-refractivity contribution in [2.45, 2.75) is 64.3 Å². The van der Waals surface area contributed by atoms with Gasteiger partial charge in [0.1, 0.15) is 0 Å². The maximum atomic E-state index is 12.3. The summed E-state index contributed by atoms with van der Waals surface area (Å²) in [6.07, 6.45) is 3.46. The number of benzene rings is 1. The molecule has 1 heterocycles. The minimum Gasteiger partial charge on any atom is -0.357 e. The van der Waals surface area contributed by atoms with Crippen LogP contribution in [0.1, 0.15) is 62.9 Å². The summed E-state index contributed by atoms with van der Waals surface area (Å²) < 4.78 is 0.296. The molecule has 28 heavy (non-hydrogen) atoms. The first-order valence-electron chi connectivity index (χ1n) is 10.0. The largest absolute Gasteiger partial charge is 0.357 e. The van der Waals surface area contributed by atoms with Gasteiger partial charge >= 0.3 is 0 Å². The zero-order valence-electron chi connectivity index (χ0n) is 17.5. The number of amides is 1. The van der Waals surface area contributed by atoms with Crippen molar-refractivity contribution in [2.24, 2.45) is 4.99 Å². The lowest BCUT2D eigenvalue weighted by molar-refractivity contribution is 0.0939. The van der Waals surface area contributed by atoms with E-state index in [9.17, 15) is 4.79 Å². The molecule has 158 valence electrons. The Morgan fingerprint density at radius 2 is 2.11 bits per heavy atom. The van der Waals surface area contributed by atoms with E-state index < -0.39 is 0 Å². The van der Waals surface area contributed by atoms with E-state index in [0.717, 1.165) is 31.0 Å². The monoisotopic (exact) mass is 518 g/mol. The summed E-state index contributed by atoms with van der Waals surface area (Å²) in [4.78, 5) is 17.0. The second-order valence-electron chi connectivity index (χ2n) is 7.43. The summed E-state index contributed by atoms with van der Waals surface area (Å²) in [5.74, 6) is 2.06. The second-order valence-corrected chi connectivity index (χ2v) is 9.12. The Balaban J connectivity index is 0.00000392. The fourth-order valence-corrected chi connectivity index (χ4v) is 4.22. The van der Waals surface area contributed by atoms with E-state index in [1.165, 1.54) is 18.6 Å². The Morgan fingerprint density at radius 3 is 2.75 bits per heavy atom. The molecule has 0 aromatic heterocycles. The van der Waals surface area contributed by atoms with Crippen LogP contribution in [0.3, 0.4) is 0 Å². The minimum absolute atomic E-state index is 0. The Hall–Kier alpha value is -0.960. The van der Waals surface area contributed by atoms with Crippen LogP contribution in [-0.4, -0.2) is 41.5 Å². The molecule has 1 aromatic carbocycles. The van der Waals surface area contributed by atoms with E-state index in [2.05, 4.69) is 36.7 Å². The Kier molecular flexibility index (Phi) is 11.3. The van der Waals surface area contributed by atoms with Crippen LogP contribution in [-0.2, 0) is 6.54 Å². The van der Waals surface area contributed by atoms with E-state index in [0.29, 0.717) is 16.9 Å². The van der Waals surface area contributed by atoms with Gasteiger partial charge in [0.25, 0.3) is 5.91 Å². The zero-order valence-corrected chi connectivity index (χ0v) is 20.7. The molecule has 1 aliphatic heterocycles. The Bertz CT molecular complexity index is 647. The number of nitrogens with zero attached hydrogens (tertiary/aromatic N) is 1. The van der Waals surface area contributed by atoms with Crippen molar-refractivity contribution in [3.05, 3.63) is 35.4 Å². The molecule has 1 aliphatic rings. The molecular weight excluding hydrogens is 483 g/mol. The maximum Gasteiger partial charge on any atom is 0.251 e. The lowest BCUT2D eigenvalue weighted by Crippen LogP contribution is -2.43. The van der Waals surface area contributed by atoms with Crippen LogP contribution < -0.4 is 16.0 Å². The zero-order chi connectivity index (χ0) is 19.7. The van der Waals surface area contributed by atoms with E-state index in [-0.39, 0.29) is 35.9 Å². The summed E-state index contributed by atoms with van der Waals surface area (Å²) in [7, 11) is 0. The second kappa shape index (κ2) is 12.6. The number of halogens is 1. The number of hydrogen-bond acceptors (Lipinski definition) is 3. The van der Waals surface area contributed by atoms with Gasteiger partial charge in [0, 0.05) is 29.4 Å². The molecule has 7 heteroatoms. The highest BCUT2D eigenvalue weighted by Gasteiger charge is 2.29. The maximum absolute atomic E-state index is 12.3. The van der Waals surface area contributed by atoms with Crippen molar-refractivity contribution in [3.63, 3.8) is 0 Å². The number of carbonyl (C=O) groups excluding carboxylic acids is 1. The van der Waals surface area contributed by atoms with Crippen LogP contribution in [0.15, 0.2) is 29.3 Å². The van der Waals surface area contributed by atoms with Crippen LogP contribution in [0.2, 0.25) is 0 Å². The molecule has 0 saturated carbocycles. The van der Waals surface area contributed by atoms with Gasteiger partial charge in [-0.3, -0.25) is 4.79 Å². The summed E-state index contributed by atoms with van der Waals surface area (Å²) in [5.41, 5.74) is 1.72. The molecule has 0 aliphatic carbocycles. The van der Waals surface area contributed by atoms with Crippen molar-refractivity contribution in [2.75, 3.05) is 18.8 Å². The number of hydrogen-bond donors (Lipinski definition) is 3. The van der Waals surface area contributed by atoms with E-state index in [1.54, 1.807) is 0 Å². The van der Waals surface area contributed by atoms with Crippen LogP contribution in [0.5, 0.6) is 0 Å². The van der Waals surface area contributed by atoms with Gasteiger partial charge < -0.3 is 16.0 Å². The Morgan fingerprint density at radius 1 is 1.32 bits per heavy atom. The molecule has 5 nitrogen and oxygen atoms in total. The van der Waals surface area contributed by atoms with E-state index in [4.69, 9.17) is 4.99 Å². The van der Waals surface area contributed by atoms with Gasteiger partial charge in [-0.15, -0.1) is 24.0 Å². The van der Waals surface area contributed by atoms with Crippen LogP contribution in [0.4, 0.5) is 0 Å². The lowest BCUT2D eigenvalue weighted by Gasteiger charge is -2.24. The molecule has 1 aromatic rings. The van der Waals surface area contributed by atoms with E-state index in [1.807, 2.05) is 43.0 Å². The average molecular weight is 519 g/mol. The number of aliphatic imine (C=N–C) groups is 1. The summed E-state index contributed by atoms with van der Waals surface area (Å²) >= 11 is 2.04. The number of carbonyl (C=O) groups is 1. The van der Waals surface area contributed by atoms with Crippen molar-refractivity contribution in [3.8, 4) is 0 Å². The molecule has 0 radical (unpaired) electrons. The van der Waals surface area contributed by atoms with Crippen molar-refractivity contribution in [1.82, 2.24) is 16.0 Å². The normalized spacial score (nSPS) is 20.2. The highest BCUT2D eigenvalue weighted by Crippen LogP contribution is 2.36. The Labute approximate surface area is 191 Å². The quantitative estimate of drug-likeness (QED) is 0.275. The number of guanidine groups is 1. The molecule has 1 fully saturated rings. The van der Waals surface area contributed by atoms with Gasteiger partial charge in [-0.1, -0.05) is 19.1 Å². The molecule has 3 N–H and O–H groups in total. The van der Waals surface area contributed by atoms with Gasteiger partial charge in [-0.25, -0.2) is 4.99 Å². The molecule has 1 amide bonds. The lowest BCUT2D eigenvalue weighted by atomic mass is 10.1. The van der Waals surface area contributed by atoms with Gasteiger partial charge in [0.15, 0.2) is 5.96 Å². The first kappa shape index (κ1) is 25.1. The number of thioether (sulfide) groups is 1. The van der Waals surface area contributed by atoms with Crippen molar-refractivity contribution < 1.29 is 4.79 Å². The fourth-order valence-electron chi connectivity index (χ4n) is 2.98. The summed E-state index contributed by atoms with van der Waals surface area (Å²) in [6, 6.07) is 7.90. The van der Waals surface area contributed by atoms with Crippen molar-refractivity contribution >= 4 is 47.6 Å². The predicted octanol–water partition coefficient (Wildman–Crippen LogP) is 4.17. The summed E-state index contributed by atoms with van der Waals surface area (Å²) in [6.45, 7) is 10.8. The molecule has 0 bridgehead atoms. The third kappa shape index (κ3) is 8.19. The summed E-state index contributed by atoms with van der Waals surface area (Å²) in [5, 5.41) is 9.81. The van der Waals surface area contributed by atoms with Crippen molar-refractivity contribution in [1.29, 1.82) is 0 Å². The van der Waals surface area contributed by atoms with Gasteiger partial charge in [-0.2, -0.15) is 11.8 Å². The SMILES string of the molecule is CCNC(=NCc1cccc(C(=O)NC(C)CC)c1)NCC1(C)CCCS1.I. The highest BCUT2D eigenvalue weighted by atomic mass is 127. The van der Waals surface area contributed by atoms with Crippen LogP contribution in [0.25, 0.3) is 0 Å². The number of rotatable bonds is 8. The predicted molar refractivity (Wildman–Crippen MR) is 132 cm³/mol. The molecular formula is C21H35IN4OS. The molecule has 2 rings (SSSR count). The van der Waals surface area contributed by atoms with Crippen LogP contribution in [0, 0.1) is 0 Å². The third-order valence-corrected chi connectivity index (χ3v) is 6.41. The molecule has 2 atom stereocenters.